The molecule has 0 aliphatic rings. The van der Waals surface area contributed by atoms with Crippen LogP contribution in [0.1, 0.15) is 12.8 Å². The van der Waals surface area contributed by atoms with E-state index in [-0.39, 0.29) is 26.1 Å². The van der Waals surface area contributed by atoms with Crippen LogP contribution >= 0.6 is 0 Å². The Kier molecular flexibility index (Phi) is 37.3. The van der Waals surface area contributed by atoms with E-state index in [1.165, 1.54) is 0 Å². The fourth-order valence-corrected chi connectivity index (χ4v) is 2.94. The van der Waals surface area contributed by atoms with Crippen LogP contribution in [0.15, 0.2) is 0 Å². The monoisotopic (exact) mass is 660 g/mol. The van der Waals surface area contributed by atoms with Gasteiger partial charge in [0.1, 0.15) is 6.61 Å². The summed E-state index contributed by atoms with van der Waals surface area (Å²) in [4.78, 5) is 21.6. The standard InChI is InChI=1S/C29H56O16/c1-33-4-5-34-6-7-35-8-9-36-10-11-37-12-13-38-14-15-39-16-17-40-18-19-41-20-21-42-22-23-43-24-25-44-26-27-45-29(32)3-2-28(30)31/h2-27H2,1H3,(H,30,31). The molecule has 0 aromatic carbocycles. The maximum Gasteiger partial charge on any atom is 0.306 e. The molecule has 0 aromatic rings. The third-order valence-corrected chi connectivity index (χ3v) is 5.19. The number of carbonyl (C=O) groups excluding carboxylic acids is 1. The quantitative estimate of drug-likeness (QED) is 0.0700. The van der Waals surface area contributed by atoms with Crippen LogP contribution in [0.5, 0.6) is 0 Å². The molecule has 0 spiro atoms. The van der Waals surface area contributed by atoms with Gasteiger partial charge in [0.05, 0.1) is 165 Å². The van der Waals surface area contributed by atoms with Gasteiger partial charge in [-0.3, -0.25) is 9.59 Å². The smallest absolute Gasteiger partial charge is 0.306 e. The number of carbonyl (C=O) groups is 2. The van der Waals surface area contributed by atoms with Gasteiger partial charge < -0.3 is 66.7 Å². The van der Waals surface area contributed by atoms with Gasteiger partial charge in [-0.15, -0.1) is 0 Å². The topological polar surface area (TPSA) is 174 Å². The highest BCUT2D eigenvalue weighted by Gasteiger charge is 2.06. The summed E-state index contributed by atoms with van der Waals surface area (Å²) in [6.07, 6.45) is -0.388. The third kappa shape index (κ3) is 40.4. The van der Waals surface area contributed by atoms with Crippen LogP contribution < -0.4 is 0 Å². The lowest BCUT2D eigenvalue weighted by atomic mass is 10.3. The number of rotatable bonds is 39. The van der Waals surface area contributed by atoms with E-state index in [9.17, 15) is 9.59 Å². The molecule has 0 aromatic heterocycles. The Labute approximate surface area is 267 Å². The first-order chi connectivity index (χ1) is 22.2. The first-order valence-electron chi connectivity index (χ1n) is 15.4. The molecule has 0 saturated heterocycles. The van der Waals surface area contributed by atoms with Crippen LogP contribution in [0.2, 0.25) is 0 Å². The lowest BCUT2D eigenvalue weighted by molar-refractivity contribution is -0.149. The summed E-state index contributed by atoms with van der Waals surface area (Å²) >= 11 is 0. The largest absolute Gasteiger partial charge is 0.481 e. The van der Waals surface area contributed by atoms with Crippen LogP contribution in [-0.4, -0.2) is 183 Å². The summed E-state index contributed by atoms with van der Waals surface area (Å²) in [6.45, 7) is 11.0. The van der Waals surface area contributed by atoms with Crippen molar-refractivity contribution in [1.82, 2.24) is 0 Å². The van der Waals surface area contributed by atoms with Crippen molar-refractivity contribution in [2.24, 2.45) is 0 Å². The summed E-state index contributed by atoms with van der Waals surface area (Å²) < 4.78 is 69.1. The van der Waals surface area contributed by atoms with Crippen LogP contribution in [0, 0.1) is 0 Å². The van der Waals surface area contributed by atoms with Gasteiger partial charge in [-0.05, 0) is 0 Å². The number of hydrogen-bond donors (Lipinski definition) is 1. The van der Waals surface area contributed by atoms with Gasteiger partial charge in [0.25, 0.3) is 0 Å². The molecule has 0 amide bonds. The zero-order chi connectivity index (χ0) is 32.7. The predicted octanol–water partition coefficient (Wildman–Crippen LogP) is 0.223. The van der Waals surface area contributed by atoms with Gasteiger partial charge >= 0.3 is 11.9 Å². The first kappa shape index (κ1) is 43.5. The maximum atomic E-state index is 11.2. The first-order valence-corrected chi connectivity index (χ1v) is 15.4. The molecule has 0 bridgehead atoms. The van der Waals surface area contributed by atoms with Gasteiger partial charge in [0, 0.05) is 7.11 Å². The molecule has 45 heavy (non-hydrogen) atoms. The average Bonchev–Trinajstić information content (AvgIpc) is 3.03. The van der Waals surface area contributed by atoms with E-state index in [4.69, 9.17) is 66.7 Å². The lowest BCUT2D eigenvalue weighted by Gasteiger charge is -2.09. The molecule has 0 heterocycles. The van der Waals surface area contributed by atoms with E-state index < -0.39 is 11.9 Å². The summed E-state index contributed by atoms with van der Waals surface area (Å²) in [6, 6.07) is 0. The number of hydrogen-bond acceptors (Lipinski definition) is 15. The Morgan fingerprint density at radius 1 is 0.356 bits per heavy atom. The normalized spacial score (nSPS) is 11.3. The van der Waals surface area contributed by atoms with Crippen molar-refractivity contribution in [3.8, 4) is 0 Å². The summed E-state index contributed by atoms with van der Waals surface area (Å²) in [5.74, 6) is -1.59. The molecular formula is C29H56O16. The summed E-state index contributed by atoms with van der Waals surface area (Å²) in [7, 11) is 1.64. The van der Waals surface area contributed by atoms with Crippen molar-refractivity contribution in [2.45, 2.75) is 12.8 Å². The van der Waals surface area contributed by atoms with Crippen LogP contribution in [-0.2, 0) is 71.2 Å². The molecule has 0 rings (SSSR count). The van der Waals surface area contributed by atoms with E-state index in [0.29, 0.717) is 145 Å². The Morgan fingerprint density at radius 3 is 0.800 bits per heavy atom. The zero-order valence-corrected chi connectivity index (χ0v) is 27.0. The molecule has 0 unspecified atom stereocenters. The number of esters is 1. The van der Waals surface area contributed by atoms with Gasteiger partial charge in [-0.2, -0.15) is 0 Å². The van der Waals surface area contributed by atoms with E-state index in [0.717, 1.165) is 0 Å². The molecule has 0 atom stereocenters. The molecule has 1 N–H and O–H groups in total. The second-order valence-corrected chi connectivity index (χ2v) is 8.84. The molecule has 16 heteroatoms. The highest BCUT2D eigenvalue weighted by Crippen LogP contribution is 1.93. The molecule has 0 radical (unpaired) electrons. The van der Waals surface area contributed by atoms with E-state index >= 15 is 0 Å². The summed E-state index contributed by atoms with van der Waals surface area (Å²) in [5.41, 5.74) is 0. The minimum Gasteiger partial charge on any atom is -0.481 e. The molecule has 0 fully saturated rings. The fourth-order valence-electron chi connectivity index (χ4n) is 2.94. The molecular weight excluding hydrogens is 604 g/mol. The van der Waals surface area contributed by atoms with E-state index in [2.05, 4.69) is 0 Å². The molecule has 0 aliphatic carbocycles. The van der Waals surface area contributed by atoms with Crippen molar-refractivity contribution < 1.29 is 76.3 Å². The van der Waals surface area contributed by atoms with Crippen molar-refractivity contribution in [3.63, 3.8) is 0 Å². The SMILES string of the molecule is COCCOCCOCCOCCOCCOCCOCCOCCOCCOCCOCCOCCOC(=O)CCC(=O)O. The lowest BCUT2D eigenvalue weighted by Crippen LogP contribution is -2.16. The summed E-state index contributed by atoms with van der Waals surface area (Å²) in [5, 5.41) is 8.48. The Bertz CT molecular complexity index is 613. The maximum absolute atomic E-state index is 11.2. The van der Waals surface area contributed by atoms with Gasteiger partial charge in [-0.25, -0.2) is 0 Å². The minimum atomic E-state index is -1.04. The number of ether oxygens (including phenoxy) is 13. The average molecular weight is 661 g/mol. The number of methoxy groups -OCH3 is 1. The molecule has 0 saturated carbocycles. The van der Waals surface area contributed by atoms with E-state index in [1.807, 2.05) is 0 Å². The Morgan fingerprint density at radius 2 is 0.578 bits per heavy atom. The highest BCUT2D eigenvalue weighted by atomic mass is 16.6. The fraction of sp³-hybridized carbons (Fsp3) is 0.931. The second kappa shape index (κ2) is 38.6. The number of carboxylic acid groups (broad SMARTS) is 1. The van der Waals surface area contributed by atoms with Crippen molar-refractivity contribution in [3.05, 3.63) is 0 Å². The molecule has 16 nitrogen and oxygen atoms in total. The molecule has 0 aliphatic heterocycles. The van der Waals surface area contributed by atoms with Gasteiger partial charge in [0.2, 0.25) is 0 Å². The molecule has 268 valence electrons. The Hall–Kier alpha value is -1.54. The van der Waals surface area contributed by atoms with Crippen LogP contribution in [0.25, 0.3) is 0 Å². The van der Waals surface area contributed by atoms with Crippen molar-refractivity contribution >= 4 is 11.9 Å². The van der Waals surface area contributed by atoms with Crippen molar-refractivity contribution in [1.29, 1.82) is 0 Å². The highest BCUT2D eigenvalue weighted by molar-refractivity contribution is 5.76. The Balaban J connectivity index is 3.08. The van der Waals surface area contributed by atoms with Gasteiger partial charge in [-0.1, -0.05) is 0 Å². The van der Waals surface area contributed by atoms with Crippen LogP contribution in [0.4, 0.5) is 0 Å². The minimum absolute atomic E-state index is 0.0809. The van der Waals surface area contributed by atoms with Crippen molar-refractivity contribution in [2.75, 3.05) is 166 Å². The third-order valence-electron chi connectivity index (χ3n) is 5.19. The van der Waals surface area contributed by atoms with Gasteiger partial charge in [0.15, 0.2) is 0 Å². The predicted molar refractivity (Wildman–Crippen MR) is 159 cm³/mol. The van der Waals surface area contributed by atoms with E-state index in [1.54, 1.807) is 7.11 Å². The second-order valence-electron chi connectivity index (χ2n) is 8.84. The number of aliphatic carboxylic acids is 1. The number of carboxylic acids is 1. The zero-order valence-electron chi connectivity index (χ0n) is 27.0. The van der Waals surface area contributed by atoms with Crippen LogP contribution in [0.3, 0.4) is 0 Å².